The predicted octanol–water partition coefficient (Wildman–Crippen LogP) is 4.24. The molecular weight excluding hydrogens is 384 g/mol. The lowest BCUT2D eigenvalue weighted by atomic mass is 9.72. The first kappa shape index (κ1) is 20.0. The number of hydrogen-bond acceptors (Lipinski definition) is 6. The molecule has 1 aromatic heterocycles. The van der Waals surface area contributed by atoms with Crippen molar-refractivity contribution in [3.05, 3.63) is 65.4 Å². The summed E-state index contributed by atoms with van der Waals surface area (Å²) in [6.07, 6.45) is 0.0887. The zero-order chi connectivity index (χ0) is 21.3. The van der Waals surface area contributed by atoms with E-state index in [1.165, 1.54) is 0 Å². The van der Waals surface area contributed by atoms with Crippen LogP contribution in [0.5, 0.6) is 5.75 Å². The molecule has 4 rings (SSSR count). The van der Waals surface area contributed by atoms with Crippen LogP contribution in [0.3, 0.4) is 0 Å². The van der Waals surface area contributed by atoms with Crippen LogP contribution in [0, 0.1) is 5.41 Å². The highest BCUT2D eigenvalue weighted by Gasteiger charge is 2.62. The molecule has 0 fully saturated rings. The first-order valence-electron chi connectivity index (χ1n) is 10.1. The Morgan fingerprint density at radius 1 is 1.00 bits per heavy atom. The van der Waals surface area contributed by atoms with Gasteiger partial charge in [0.2, 0.25) is 0 Å². The molecule has 6 heteroatoms. The lowest BCUT2D eigenvalue weighted by Crippen LogP contribution is -2.46. The molecule has 3 aromatic rings. The maximum atomic E-state index is 13.3. The van der Waals surface area contributed by atoms with Crippen LogP contribution in [0.1, 0.15) is 36.7 Å². The number of benzene rings is 2. The van der Waals surface area contributed by atoms with Crippen molar-refractivity contribution in [3.8, 4) is 5.75 Å². The van der Waals surface area contributed by atoms with Crippen LogP contribution in [0.4, 0.5) is 0 Å². The van der Waals surface area contributed by atoms with Crippen molar-refractivity contribution in [2.24, 2.45) is 5.41 Å². The van der Waals surface area contributed by atoms with Crippen LogP contribution in [0.2, 0.25) is 0 Å². The standard InChI is InChI=1S/C24H24O6/c1-4-28-22(25)24(23(26)29-5-2)14-19-20(17-8-6-7-9-18(17)30-19)21(24)15-10-12-16(27-3)13-11-15/h6-13,21H,4-5,14H2,1-3H3. The van der Waals surface area contributed by atoms with Gasteiger partial charge >= 0.3 is 11.9 Å². The highest BCUT2D eigenvalue weighted by atomic mass is 16.6. The summed E-state index contributed by atoms with van der Waals surface area (Å²) < 4.78 is 22.2. The first-order valence-corrected chi connectivity index (χ1v) is 10.1. The van der Waals surface area contributed by atoms with Crippen LogP contribution in [0.25, 0.3) is 11.0 Å². The maximum Gasteiger partial charge on any atom is 0.324 e. The zero-order valence-corrected chi connectivity index (χ0v) is 17.3. The molecule has 0 bridgehead atoms. The quantitative estimate of drug-likeness (QED) is 0.449. The lowest BCUT2D eigenvalue weighted by molar-refractivity contribution is -0.172. The molecule has 1 aliphatic rings. The van der Waals surface area contributed by atoms with Gasteiger partial charge in [-0.3, -0.25) is 9.59 Å². The van der Waals surface area contributed by atoms with E-state index in [9.17, 15) is 9.59 Å². The number of methoxy groups -OCH3 is 1. The predicted molar refractivity (Wildman–Crippen MR) is 110 cm³/mol. The van der Waals surface area contributed by atoms with Gasteiger partial charge in [0.1, 0.15) is 17.1 Å². The van der Waals surface area contributed by atoms with E-state index in [1.54, 1.807) is 21.0 Å². The fourth-order valence-electron chi connectivity index (χ4n) is 4.40. The third-order valence-electron chi connectivity index (χ3n) is 5.66. The van der Waals surface area contributed by atoms with E-state index in [2.05, 4.69) is 0 Å². The van der Waals surface area contributed by atoms with Gasteiger partial charge in [0.05, 0.1) is 20.3 Å². The van der Waals surface area contributed by atoms with Crippen molar-refractivity contribution >= 4 is 22.9 Å². The number of rotatable bonds is 6. The number of esters is 2. The molecule has 156 valence electrons. The van der Waals surface area contributed by atoms with Gasteiger partial charge in [-0.25, -0.2) is 0 Å². The third kappa shape index (κ3) is 2.95. The number of hydrogen-bond donors (Lipinski definition) is 0. The summed E-state index contributed by atoms with van der Waals surface area (Å²) in [7, 11) is 1.59. The van der Waals surface area contributed by atoms with Crippen molar-refractivity contribution in [1.29, 1.82) is 0 Å². The van der Waals surface area contributed by atoms with E-state index in [0.29, 0.717) is 11.5 Å². The summed E-state index contributed by atoms with van der Waals surface area (Å²) in [6, 6.07) is 15.0. The molecule has 30 heavy (non-hydrogen) atoms. The Morgan fingerprint density at radius 2 is 1.63 bits per heavy atom. The van der Waals surface area contributed by atoms with Gasteiger partial charge in [-0.15, -0.1) is 0 Å². The molecular formula is C24H24O6. The molecule has 0 N–H and O–H groups in total. The molecule has 0 aliphatic heterocycles. The Balaban J connectivity index is 1.97. The lowest BCUT2D eigenvalue weighted by Gasteiger charge is -2.31. The van der Waals surface area contributed by atoms with Crippen LogP contribution < -0.4 is 4.74 Å². The normalized spacial score (nSPS) is 16.8. The Kier molecular flexibility index (Phi) is 5.24. The molecule has 1 aliphatic carbocycles. The van der Waals surface area contributed by atoms with Gasteiger partial charge in [-0.05, 0) is 37.6 Å². The molecule has 0 saturated carbocycles. The fourth-order valence-corrected chi connectivity index (χ4v) is 4.40. The second-order valence-electron chi connectivity index (χ2n) is 7.23. The summed E-state index contributed by atoms with van der Waals surface area (Å²) in [5.41, 5.74) is 0.806. The number of fused-ring (bicyclic) bond motifs is 3. The number of ether oxygens (including phenoxy) is 3. The van der Waals surface area contributed by atoms with Crippen molar-refractivity contribution in [2.75, 3.05) is 20.3 Å². The van der Waals surface area contributed by atoms with Crippen LogP contribution in [-0.2, 0) is 25.5 Å². The molecule has 0 saturated heterocycles. The molecule has 0 spiro atoms. The molecule has 0 amide bonds. The number of carbonyl (C=O) groups is 2. The van der Waals surface area contributed by atoms with E-state index in [0.717, 1.165) is 22.1 Å². The SMILES string of the molecule is CCOC(=O)C1(C(=O)OCC)Cc2oc3ccccc3c2C1c1ccc(OC)cc1. The smallest absolute Gasteiger partial charge is 0.324 e. The number of para-hydroxylation sites is 1. The van der Waals surface area contributed by atoms with Gasteiger partial charge in [0, 0.05) is 23.3 Å². The minimum Gasteiger partial charge on any atom is -0.497 e. The van der Waals surface area contributed by atoms with Gasteiger partial charge in [-0.2, -0.15) is 0 Å². The summed E-state index contributed by atoms with van der Waals surface area (Å²) in [5, 5.41) is 0.879. The van der Waals surface area contributed by atoms with Crippen LogP contribution in [0.15, 0.2) is 52.9 Å². The van der Waals surface area contributed by atoms with Gasteiger partial charge in [0.15, 0.2) is 5.41 Å². The van der Waals surface area contributed by atoms with Crippen molar-refractivity contribution in [1.82, 2.24) is 0 Å². The molecule has 1 heterocycles. The topological polar surface area (TPSA) is 75.0 Å². The van der Waals surface area contributed by atoms with Gasteiger partial charge < -0.3 is 18.6 Å². The van der Waals surface area contributed by atoms with Crippen molar-refractivity contribution in [3.63, 3.8) is 0 Å². The van der Waals surface area contributed by atoms with Gasteiger partial charge in [-0.1, -0.05) is 30.3 Å². The molecule has 1 unspecified atom stereocenters. The van der Waals surface area contributed by atoms with E-state index >= 15 is 0 Å². The van der Waals surface area contributed by atoms with E-state index in [1.807, 2.05) is 48.5 Å². The van der Waals surface area contributed by atoms with Crippen molar-refractivity contribution < 1.29 is 28.2 Å². The summed E-state index contributed by atoms with van der Waals surface area (Å²) in [5.74, 6) is -0.496. The number of furan rings is 1. The van der Waals surface area contributed by atoms with Crippen LogP contribution in [-0.4, -0.2) is 32.3 Å². The fraction of sp³-hybridized carbons (Fsp3) is 0.333. The largest absolute Gasteiger partial charge is 0.497 e. The monoisotopic (exact) mass is 408 g/mol. The Morgan fingerprint density at radius 3 is 2.23 bits per heavy atom. The minimum absolute atomic E-state index is 0.0887. The summed E-state index contributed by atoms with van der Waals surface area (Å²) >= 11 is 0. The van der Waals surface area contributed by atoms with E-state index in [4.69, 9.17) is 18.6 Å². The summed E-state index contributed by atoms with van der Waals surface area (Å²) in [4.78, 5) is 26.6. The Labute approximate surface area is 174 Å². The summed E-state index contributed by atoms with van der Waals surface area (Å²) in [6.45, 7) is 3.77. The van der Waals surface area contributed by atoms with E-state index in [-0.39, 0.29) is 19.6 Å². The van der Waals surface area contributed by atoms with E-state index < -0.39 is 23.3 Å². The highest BCUT2D eigenvalue weighted by Crippen LogP contribution is 2.55. The Hall–Kier alpha value is -3.28. The highest BCUT2D eigenvalue weighted by molar-refractivity contribution is 6.04. The number of carbonyl (C=O) groups excluding carboxylic acids is 2. The third-order valence-corrected chi connectivity index (χ3v) is 5.66. The second-order valence-corrected chi connectivity index (χ2v) is 7.23. The van der Waals surface area contributed by atoms with Gasteiger partial charge in [0.25, 0.3) is 0 Å². The molecule has 6 nitrogen and oxygen atoms in total. The average Bonchev–Trinajstić information content (AvgIpc) is 3.28. The Bertz CT molecular complexity index is 1060. The first-order chi connectivity index (χ1) is 14.6. The minimum atomic E-state index is -1.54. The maximum absolute atomic E-state index is 13.3. The molecule has 0 radical (unpaired) electrons. The molecule has 1 atom stereocenters. The molecule has 2 aromatic carbocycles. The second kappa shape index (κ2) is 7.86. The average molecular weight is 408 g/mol. The van der Waals surface area contributed by atoms with Crippen LogP contribution >= 0.6 is 0 Å². The van der Waals surface area contributed by atoms with Crippen molar-refractivity contribution in [2.45, 2.75) is 26.2 Å². The zero-order valence-electron chi connectivity index (χ0n) is 17.3.